The number of aryl methyl sites for hydroxylation is 1. The predicted octanol–water partition coefficient (Wildman–Crippen LogP) is 5.37. The number of benzene rings is 2. The summed E-state index contributed by atoms with van der Waals surface area (Å²) in [5.74, 6) is -2.67. The molecule has 226 valence electrons. The maximum Gasteiger partial charge on any atom is 0.490 e. The quantitative estimate of drug-likeness (QED) is 0.342. The van der Waals surface area contributed by atoms with Crippen LogP contribution >= 0.6 is 0 Å². The molecule has 12 heteroatoms. The Labute approximate surface area is 241 Å². The fraction of sp³-hybridized carbons (Fsp3) is 0.400. The Balaban J connectivity index is 0.000000616. The topological polar surface area (TPSA) is 145 Å². The first-order valence-electron chi connectivity index (χ1n) is 13.7. The van der Waals surface area contributed by atoms with E-state index in [9.17, 15) is 27.9 Å². The van der Waals surface area contributed by atoms with Gasteiger partial charge in [-0.05, 0) is 73.6 Å². The summed E-state index contributed by atoms with van der Waals surface area (Å²) in [6.07, 6.45) is 0.985. The number of carboxylic acids is 1. The van der Waals surface area contributed by atoms with Gasteiger partial charge < -0.3 is 26.2 Å². The number of hydrogen-bond acceptors (Lipinski definition) is 6. The fourth-order valence-corrected chi connectivity index (χ4v) is 4.80. The van der Waals surface area contributed by atoms with E-state index in [4.69, 9.17) is 15.6 Å². The highest BCUT2D eigenvalue weighted by molar-refractivity contribution is 6.08. The zero-order valence-corrected chi connectivity index (χ0v) is 23.5. The van der Waals surface area contributed by atoms with Gasteiger partial charge in [0.15, 0.2) is 0 Å². The molecule has 0 bridgehead atoms. The third-order valence-corrected chi connectivity index (χ3v) is 6.73. The summed E-state index contributed by atoms with van der Waals surface area (Å²) < 4.78 is 31.7. The van der Waals surface area contributed by atoms with Crippen molar-refractivity contribution in [3.8, 4) is 0 Å². The molecule has 0 saturated carbocycles. The summed E-state index contributed by atoms with van der Waals surface area (Å²) in [6.45, 7) is 5.52. The number of carbonyl (C=O) groups excluding carboxylic acids is 2. The van der Waals surface area contributed by atoms with Crippen LogP contribution in [0.2, 0.25) is 0 Å². The number of anilines is 1. The van der Waals surface area contributed by atoms with E-state index in [0.717, 1.165) is 48.8 Å². The van der Waals surface area contributed by atoms with Gasteiger partial charge in [-0.15, -0.1) is 0 Å². The molecule has 1 heterocycles. The summed E-state index contributed by atoms with van der Waals surface area (Å²) in [4.78, 5) is 41.4. The molecule has 1 aliphatic carbocycles. The number of nitrogens with zero attached hydrogens (tertiary/aromatic N) is 2. The van der Waals surface area contributed by atoms with Crippen molar-refractivity contribution in [1.82, 2.24) is 4.90 Å². The predicted molar refractivity (Wildman–Crippen MR) is 153 cm³/mol. The fourth-order valence-electron chi connectivity index (χ4n) is 4.80. The van der Waals surface area contributed by atoms with Gasteiger partial charge in [-0.25, -0.2) is 9.79 Å². The standard InChI is InChI=1S/C28H34N4O3.C2HF3O2/c1-3-12-32(13-4-2)28(35)21-14-19-8-9-20(16-24(19)31-26(29)17-21)27(34)30-22-10-11-23-18(15-22)6-5-7-25(23)33;3-2(4,5)1(6)7/h8-11,14-16,25,33H,3-7,12-13,17H2,1-2H3,(H2,29,31)(H,30,34);(H,6,7). The molecular formula is C30H35F3N4O5. The van der Waals surface area contributed by atoms with Crippen LogP contribution in [0.25, 0.3) is 6.08 Å². The maximum absolute atomic E-state index is 13.2. The molecule has 9 nitrogen and oxygen atoms in total. The molecule has 2 amide bonds. The van der Waals surface area contributed by atoms with Gasteiger partial charge in [-0.1, -0.05) is 26.0 Å². The number of nitrogens with one attached hydrogen (secondary N) is 1. The molecular weight excluding hydrogens is 553 g/mol. The molecule has 0 spiro atoms. The number of fused-ring (bicyclic) bond motifs is 2. The molecule has 2 aromatic carbocycles. The van der Waals surface area contributed by atoms with Crippen LogP contribution in [0.1, 0.15) is 79.1 Å². The average Bonchev–Trinajstić information content (AvgIpc) is 3.09. The Morgan fingerprint density at radius 2 is 1.76 bits per heavy atom. The van der Waals surface area contributed by atoms with Crippen molar-refractivity contribution in [2.24, 2.45) is 10.7 Å². The number of hydrogen-bond donors (Lipinski definition) is 4. The molecule has 0 radical (unpaired) electrons. The minimum absolute atomic E-state index is 0.0148. The van der Waals surface area contributed by atoms with Crippen LogP contribution in [0.4, 0.5) is 24.5 Å². The summed E-state index contributed by atoms with van der Waals surface area (Å²) in [5.41, 5.74) is 11.3. The monoisotopic (exact) mass is 588 g/mol. The highest BCUT2D eigenvalue weighted by atomic mass is 19.4. The van der Waals surface area contributed by atoms with E-state index in [2.05, 4.69) is 24.2 Å². The second kappa shape index (κ2) is 14.1. The van der Waals surface area contributed by atoms with E-state index in [0.29, 0.717) is 41.4 Å². The molecule has 2 aromatic rings. The number of aliphatic hydroxyl groups is 1. The lowest BCUT2D eigenvalue weighted by atomic mass is 9.89. The second-order valence-electron chi connectivity index (χ2n) is 10.1. The minimum Gasteiger partial charge on any atom is -0.475 e. The number of halogens is 3. The normalized spacial score (nSPS) is 15.9. The van der Waals surface area contributed by atoms with Gasteiger partial charge in [-0.3, -0.25) is 9.59 Å². The van der Waals surface area contributed by atoms with Gasteiger partial charge in [0, 0.05) is 41.9 Å². The van der Waals surface area contributed by atoms with Crippen LogP contribution in [0, 0.1) is 0 Å². The van der Waals surface area contributed by atoms with Crippen LogP contribution in [-0.2, 0) is 16.0 Å². The lowest BCUT2D eigenvalue weighted by Crippen LogP contribution is -2.34. The number of carboxylic acid groups (broad SMARTS) is 1. The average molecular weight is 589 g/mol. The summed E-state index contributed by atoms with van der Waals surface area (Å²) in [6, 6.07) is 10.9. The SMILES string of the molecule is CCCN(CCC)C(=O)C1=Cc2ccc(C(=O)Nc3ccc4c(c3)CCCC4O)cc2N=C(N)C1.O=C(O)C(F)(F)F. The Kier molecular flexibility index (Phi) is 10.9. The molecule has 0 aromatic heterocycles. The van der Waals surface area contributed by atoms with Crippen molar-refractivity contribution >= 4 is 41.1 Å². The molecule has 1 unspecified atom stereocenters. The van der Waals surface area contributed by atoms with Crippen LogP contribution < -0.4 is 11.1 Å². The van der Waals surface area contributed by atoms with Crippen LogP contribution in [0.15, 0.2) is 47.0 Å². The van der Waals surface area contributed by atoms with Crippen LogP contribution in [0.5, 0.6) is 0 Å². The summed E-state index contributed by atoms with van der Waals surface area (Å²) >= 11 is 0. The zero-order valence-electron chi connectivity index (χ0n) is 23.5. The van der Waals surface area contributed by atoms with Gasteiger partial charge >= 0.3 is 12.1 Å². The molecule has 5 N–H and O–H groups in total. The van der Waals surface area contributed by atoms with Crippen molar-refractivity contribution in [3.63, 3.8) is 0 Å². The molecule has 42 heavy (non-hydrogen) atoms. The molecule has 2 aliphatic rings. The van der Waals surface area contributed by atoms with Crippen molar-refractivity contribution in [2.45, 2.75) is 64.7 Å². The number of aliphatic hydroxyl groups excluding tert-OH is 1. The molecule has 0 saturated heterocycles. The van der Waals surface area contributed by atoms with Gasteiger partial charge in [0.25, 0.3) is 5.91 Å². The van der Waals surface area contributed by atoms with E-state index in [-0.39, 0.29) is 18.2 Å². The van der Waals surface area contributed by atoms with Crippen molar-refractivity contribution in [1.29, 1.82) is 0 Å². The number of carbonyl (C=O) groups is 3. The number of alkyl halides is 3. The van der Waals surface area contributed by atoms with Crippen molar-refractivity contribution < 1.29 is 37.8 Å². The van der Waals surface area contributed by atoms with E-state index < -0.39 is 18.2 Å². The second-order valence-corrected chi connectivity index (χ2v) is 10.1. The number of nitrogens with two attached hydrogens (primary N) is 1. The highest BCUT2D eigenvalue weighted by Crippen LogP contribution is 2.32. The van der Waals surface area contributed by atoms with Crippen LogP contribution in [-0.4, -0.2) is 58.0 Å². The van der Waals surface area contributed by atoms with E-state index in [1.165, 1.54) is 0 Å². The number of amides is 2. The first-order valence-corrected chi connectivity index (χ1v) is 13.7. The highest BCUT2D eigenvalue weighted by Gasteiger charge is 2.38. The zero-order chi connectivity index (χ0) is 31.0. The lowest BCUT2D eigenvalue weighted by molar-refractivity contribution is -0.192. The van der Waals surface area contributed by atoms with Crippen LogP contribution in [0.3, 0.4) is 0 Å². The van der Waals surface area contributed by atoms with Gasteiger partial charge in [0.2, 0.25) is 5.91 Å². The molecule has 4 rings (SSSR count). The first kappa shape index (κ1) is 32.3. The third kappa shape index (κ3) is 8.41. The minimum atomic E-state index is -5.08. The molecule has 0 fully saturated rings. The van der Waals surface area contributed by atoms with E-state index in [1.807, 2.05) is 35.2 Å². The maximum atomic E-state index is 13.2. The third-order valence-electron chi connectivity index (χ3n) is 6.73. The van der Waals surface area contributed by atoms with E-state index in [1.54, 1.807) is 12.1 Å². The van der Waals surface area contributed by atoms with Crippen molar-refractivity contribution in [2.75, 3.05) is 18.4 Å². The molecule has 1 aliphatic heterocycles. The largest absolute Gasteiger partial charge is 0.490 e. The number of amidine groups is 1. The summed E-state index contributed by atoms with van der Waals surface area (Å²) in [7, 11) is 0. The lowest BCUT2D eigenvalue weighted by Gasteiger charge is -2.22. The van der Waals surface area contributed by atoms with Gasteiger partial charge in [0.05, 0.1) is 11.8 Å². The van der Waals surface area contributed by atoms with Gasteiger partial charge in [0.1, 0.15) is 5.84 Å². The number of aliphatic carboxylic acids is 1. The first-order chi connectivity index (χ1) is 19.8. The molecule has 1 atom stereocenters. The van der Waals surface area contributed by atoms with Gasteiger partial charge in [-0.2, -0.15) is 13.2 Å². The Hall–Kier alpha value is -4.19. The Morgan fingerprint density at radius 1 is 1.10 bits per heavy atom. The Bertz CT molecular complexity index is 1380. The van der Waals surface area contributed by atoms with Crippen molar-refractivity contribution in [3.05, 3.63) is 64.2 Å². The Morgan fingerprint density at radius 3 is 2.38 bits per heavy atom. The number of rotatable bonds is 7. The van der Waals surface area contributed by atoms with E-state index >= 15 is 0 Å². The summed E-state index contributed by atoms with van der Waals surface area (Å²) in [5, 5.41) is 20.2. The number of aliphatic imine (C=N–C) groups is 1. The smallest absolute Gasteiger partial charge is 0.475 e.